The Balaban J connectivity index is 1.62. The number of benzene rings is 4. The van der Waals surface area contributed by atoms with Gasteiger partial charge < -0.3 is 39.4 Å². The highest BCUT2D eigenvalue weighted by atomic mass is 16.6. The maximum Gasteiger partial charge on any atom is 0.191 e. The quantitative estimate of drug-likeness (QED) is 0.0686. The van der Waals surface area contributed by atoms with E-state index in [0.717, 1.165) is 22.3 Å². The smallest absolute Gasteiger partial charge is 0.191 e. The van der Waals surface area contributed by atoms with Crippen LogP contribution in [0.2, 0.25) is 0 Å². The van der Waals surface area contributed by atoms with E-state index in [1.165, 1.54) is 0 Å². The molecule has 0 bridgehead atoms. The van der Waals surface area contributed by atoms with Gasteiger partial charge in [-0.25, -0.2) is 0 Å². The minimum atomic E-state index is -2.43. The number of hydrogen-bond acceptors (Lipinski definition) is 8. The second-order valence-corrected chi connectivity index (χ2v) is 12.9. The zero-order chi connectivity index (χ0) is 35.8. The molecule has 270 valence electrons. The van der Waals surface area contributed by atoms with Gasteiger partial charge in [0.05, 0.1) is 44.7 Å². The van der Waals surface area contributed by atoms with E-state index < -0.39 is 48.3 Å². The number of rotatable bonds is 22. The number of ether oxygens (including phenoxy) is 4. The van der Waals surface area contributed by atoms with E-state index in [4.69, 9.17) is 18.9 Å². The molecule has 0 saturated heterocycles. The van der Waals surface area contributed by atoms with Gasteiger partial charge in [-0.3, -0.25) is 0 Å². The lowest BCUT2D eigenvalue weighted by Gasteiger charge is -2.39. The minimum Gasteiger partial charge on any atom is -0.390 e. The highest BCUT2D eigenvalue weighted by molar-refractivity contribution is 5.16. The molecule has 0 aromatic heterocycles. The Bertz CT molecular complexity index is 1450. The molecule has 50 heavy (non-hydrogen) atoms. The predicted octanol–water partition coefficient (Wildman–Crippen LogP) is 6.58. The van der Waals surface area contributed by atoms with Crippen LogP contribution < -0.4 is 0 Å². The summed E-state index contributed by atoms with van der Waals surface area (Å²) in [6, 6.07) is 38.8. The average molecular weight is 687 g/mol. The first-order chi connectivity index (χ1) is 24.2. The van der Waals surface area contributed by atoms with Crippen LogP contribution in [0.3, 0.4) is 0 Å². The Hall–Kier alpha value is -3.44. The lowest BCUT2D eigenvalue weighted by atomic mass is 9.84. The van der Waals surface area contributed by atoms with Crippen molar-refractivity contribution in [3.63, 3.8) is 0 Å². The summed E-state index contributed by atoms with van der Waals surface area (Å²) in [6.45, 7) is 6.41. The molecule has 0 aliphatic rings. The molecule has 0 fully saturated rings. The number of hydrogen-bond donors (Lipinski definition) is 4. The topological polar surface area (TPSA) is 118 Å². The van der Waals surface area contributed by atoms with Gasteiger partial charge in [-0.15, -0.1) is 0 Å². The Labute approximate surface area is 297 Å². The highest BCUT2D eigenvalue weighted by Gasteiger charge is 2.44. The van der Waals surface area contributed by atoms with Crippen LogP contribution in [0.5, 0.6) is 0 Å². The van der Waals surface area contributed by atoms with Gasteiger partial charge in [0, 0.05) is 6.42 Å². The summed E-state index contributed by atoms with van der Waals surface area (Å²) >= 11 is 0. The van der Waals surface area contributed by atoms with E-state index in [1.54, 1.807) is 6.92 Å². The Morgan fingerprint density at radius 1 is 0.540 bits per heavy atom. The van der Waals surface area contributed by atoms with Crippen molar-refractivity contribution in [1.29, 1.82) is 0 Å². The fourth-order valence-electron chi connectivity index (χ4n) is 6.00. The summed E-state index contributed by atoms with van der Waals surface area (Å²) in [5, 5.41) is 45.3. The third-order valence-electron chi connectivity index (χ3n) is 9.25. The molecule has 8 nitrogen and oxygen atoms in total. The van der Waals surface area contributed by atoms with Crippen LogP contribution in [-0.2, 0) is 45.4 Å². The summed E-state index contributed by atoms with van der Waals surface area (Å²) in [5.41, 5.74) is 3.74. The normalized spacial score (nSPS) is 16.2. The van der Waals surface area contributed by atoms with Gasteiger partial charge in [0.25, 0.3) is 0 Å². The SMILES string of the molecule is CCC(CC(OCc1ccccc1)[C@@H](OCc1ccccc1)[C@H](O)C(O)(O)CC)[C@@H](O)[C@H](OCc1ccccc1)C(C)OCc1ccccc1. The molecule has 4 aromatic carbocycles. The van der Waals surface area contributed by atoms with Gasteiger partial charge in [0.15, 0.2) is 5.79 Å². The molecule has 7 atom stereocenters. The monoisotopic (exact) mass is 686 g/mol. The van der Waals surface area contributed by atoms with Crippen molar-refractivity contribution in [2.75, 3.05) is 0 Å². The number of aliphatic hydroxyl groups excluding tert-OH is 2. The molecule has 4 aromatic rings. The lowest BCUT2D eigenvalue weighted by molar-refractivity contribution is -0.271. The molecule has 0 amide bonds. The van der Waals surface area contributed by atoms with E-state index in [1.807, 2.05) is 135 Å². The molecule has 8 heteroatoms. The first-order valence-corrected chi connectivity index (χ1v) is 17.6. The standard InChI is InChI=1S/C42H54O8/c1-4-36(38(43)39(49-29-34-22-14-8-15-23-34)31(3)47-27-32-18-10-6-11-19-32)26-37(48-28-33-20-12-7-13-21-33)40(41(44)42(45,46)5-2)50-30-35-24-16-9-17-25-35/h6-25,31,36-41,43-46H,4-5,26-30H2,1-3H3/t31?,36?,37?,38-,39-,40-,41+/m1/s1. The Kier molecular flexibility index (Phi) is 16.1. The largest absolute Gasteiger partial charge is 0.390 e. The van der Waals surface area contributed by atoms with Crippen LogP contribution in [0, 0.1) is 5.92 Å². The maximum atomic E-state index is 12.1. The molecule has 4 rings (SSSR count). The summed E-state index contributed by atoms with van der Waals surface area (Å²) in [5.74, 6) is -2.83. The van der Waals surface area contributed by atoms with Crippen molar-refractivity contribution in [2.45, 2.75) is 109 Å². The average Bonchev–Trinajstić information content (AvgIpc) is 3.16. The zero-order valence-electron chi connectivity index (χ0n) is 29.5. The summed E-state index contributed by atoms with van der Waals surface area (Å²) in [6.07, 6.45) is -5.23. The molecular formula is C42H54O8. The van der Waals surface area contributed by atoms with E-state index in [-0.39, 0.29) is 32.7 Å². The highest BCUT2D eigenvalue weighted by Crippen LogP contribution is 2.31. The first kappa shape index (κ1) is 39.3. The van der Waals surface area contributed by atoms with Crippen molar-refractivity contribution in [1.82, 2.24) is 0 Å². The fraction of sp³-hybridized carbons (Fsp3) is 0.429. The molecular weight excluding hydrogens is 632 g/mol. The van der Waals surface area contributed by atoms with E-state index in [2.05, 4.69) is 0 Å². The summed E-state index contributed by atoms with van der Waals surface area (Å²) < 4.78 is 25.6. The molecule has 0 heterocycles. The van der Waals surface area contributed by atoms with Crippen LogP contribution in [0.15, 0.2) is 121 Å². The van der Waals surface area contributed by atoms with Gasteiger partial charge in [-0.1, -0.05) is 142 Å². The van der Waals surface area contributed by atoms with Crippen LogP contribution in [0.1, 0.15) is 62.3 Å². The fourth-order valence-corrected chi connectivity index (χ4v) is 6.00. The van der Waals surface area contributed by atoms with Gasteiger partial charge in [0.2, 0.25) is 0 Å². The molecule has 0 aliphatic heterocycles. The predicted molar refractivity (Wildman–Crippen MR) is 194 cm³/mol. The van der Waals surface area contributed by atoms with Gasteiger partial charge >= 0.3 is 0 Å². The molecule has 0 saturated carbocycles. The molecule has 0 spiro atoms. The van der Waals surface area contributed by atoms with E-state index >= 15 is 0 Å². The molecule has 0 aliphatic carbocycles. The second kappa shape index (κ2) is 20.4. The van der Waals surface area contributed by atoms with Crippen LogP contribution in [0.25, 0.3) is 0 Å². The van der Waals surface area contributed by atoms with E-state index in [0.29, 0.717) is 13.0 Å². The second-order valence-electron chi connectivity index (χ2n) is 12.9. The summed E-state index contributed by atoms with van der Waals surface area (Å²) in [7, 11) is 0. The Morgan fingerprint density at radius 2 is 0.920 bits per heavy atom. The van der Waals surface area contributed by atoms with Crippen LogP contribution >= 0.6 is 0 Å². The van der Waals surface area contributed by atoms with Gasteiger partial charge in [-0.05, 0) is 41.5 Å². The van der Waals surface area contributed by atoms with Gasteiger partial charge in [0.1, 0.15) is 18.3 Å². The Morgan fingerprint density at radius 3 is 1.32 bits per heavy atom. The molecule has 4 N–H and O–H groups in total. The third kappa shape index (κ3) is 12.1. The van der Waals surface area contributed by atoms with Crippen molar-refractivity contribution in [3.8, 4) is 0 Å². The minimum absolute atomic E-state index is 0.111. The third-order valence-corrected chi connectivity index (χ3v) is 9.25. The first-order valence-electron chi connectivity index (χ1n) is 17.6. The van der Waals surface area contributed by atoms with Crippen molar-refractivity contribution < 1.29 is 39.4 Å². The van der Waals surface area contributed by atoms with Crippen LogP contribution in [-0.4, -0.2) is 62.8 Å². The van der Waals surface area contributed by atoms with E-state index in [9.17, 15) is 20.4 Å². The lowest BCUT2D eigenvalue weighted by Crippen LogP contribution is -2.55. The van der Waals surface area contributed by atoms with Crippen molar-refractivity contribution >= 4 is 0 Å². The van der Waals surface area contributed by atoms with Crippen molar-refractivity contribution in [2.24, 2.45) is 5.92 Å². The molecule has 3 unspecified atom stereocenters. The molecule has 0 radical (unpaired) electrons. The summed E-state index contributed by atoms with van der Waals surface area (Å²) in [4.78, 5) is 0. The van der Waals surface area contributed by atoms with Crippen LogP contribution in [0.4, 0.5) is 0 Å². The number of aliphatic hydroxyl groups is 4. The maximum absolute atomic E-state index is 12.1. The zero-order valence-corrected chi connectivity index (χ0v) is 29.5. The van der Waals surface area contributed by atoms with Gasteiger partial charge in [-0.2, -0.15) is 0 Å². The van der Waals surface area contributed by atoms with Crippen molar-refractivity contribution in [3.05, 3.63) is 144 Å².